The molecule has 106 valence electrons. The molecule has 0 aliphatic rings. The zero-order valence-electron chi connectivity index (χ0n) is 12.3. The Morgan fingerprint density at radius 3 is 2.45 bits per heavy atom. The van der Waals surface area contributed by atoms with E-state index in [1.165, 1.54) is 5.56 Å². The lowest BCUT2D eigenvalue weighted by Crippen LogP contribution is -1.99. The molecule has 0 spiro atoms. The third-order valence-corrected chi connectivity index (χ3v) is 3.40. The summed E-state index contributed by atoms with van der Waals surface area (Å²) in [5, 5.41) is 0. The Labute approximate surface area is 120 Å². The lowest BCUT2D eigenvalue weighted by molar-refractivity contribution is 0.378. The molecule has 2 aromatic rings. The average Bonchev–Trinajstić information content (AvgIpc) is 2.48. The molecule has 0 atom stereocenters. The van der Waals surface area contributed by atoms with Crippen molar-refractivity contribution in [2.45, 2.75) is 26.8 Å². The van der Waals surface area contributed by atoms with Gasteiger partial charge in [0.15, 0.2) is 11.5 Å². The van der Waals surface area contributed by atoms with Crippen molar-refractivity contribution in [2.75, 3.05) is 7.11 Å². The van der Waals surface area contributed by atoms with E-state index in [0.29, 0.717) is 6.54 Å². The molecule has 2 aromatic carbocycles. The molecule has 2 rings (SSSR count). The highest BCUT2D eigenvalue weighted by atomic mass is 16.5. The number of aryl methyl sites for hydroxylation is 2. The van der Waals surface area contributed by atoms with Crippen LogP contribution >= 0.6 is 0 Å². The molecule has 2 N–H and O–H groups in total. The maximum atomic E-state index is 5.91. The van der Waals surface area contributed by atoms with Crippen LogP contribution in [-0.2, 0) is 13.0 Å². The lowest BCUT2D eigenvalue weighted by Gasteiger charge is -2.13. The Bertz CT molecular complexity index is 594. The number of hydrogen-bond acceptors (Lipinski definition) is 3. The van der Waals surface area contributed by atoms with Crippen molar-refractivity contribution < 1.29 is 9.47 Å². The molecule has 0 fully saturated rings. The minimum absolute atomic E-state index is 0.542. The highest BCUT2D eigenvalue weighted by Crippen LogP contribution is 2.33. The quantitative estimate of drug-likeness (QED) is 0.899. The third-order valence-electron chi connectivity index (χ3n) is 3.40. The van der Waals surface area contributed by atoms with Gasteiger partial charge in [-0.25, -0.2) is 0 Å². The standard InChI is InChI=1S/C17H21NO2/c1-4-13-5-8-16(17(10-13)19-3)20-15-7-6-14(11-18)12(2)9-15/h5-10H,4,11,18H2,1-3H3. The van der Waals surface area contributed by atoms with Crippen LogP contribution in [0.4, 0.5) is 0 Å². The van der Waals surface area contributed by atoms with Crippen LogP contribution in [0, 0.1) is 6.92 Å². The molecule has 0 bridgehead atoms. The summed E-state index contributed by atoms with van der Waals surface area (Å²) in [5.41, 5.74) is 9.16. The van der Waals surface area contributed by atoms with Crippen LogP contribution in [0.5, 0.6) is 17.2 Å². The van der Waals surface area contributed by atoms with Crippen LogP contribution in [0.3, 0.4) is 0 Å². The molecule has 0 amide bonds. The van der Waals surface area contributed by atoms with Gasteiger partial charge in [-0.3, -0.25) is 0 Å². The van der Waals surface area contributed by atoms with Crippen molar-refractivity contribution in [3.05, 3.63) is 53.1 Å². The molecule has 3 heteroatoms. The number of benzene rings is 2. The summed E-state index contributed by atoms with van der Waals surface area (Å²) in [7, 11) is 1.66. The van der Waals surface area contributed by atoms with Gasteiger partial charge in [-0.1, -0.05) is 19.1 Å². The number of ether oxygens (including phenoxy) is 2. The molecule has 0 aliphatic carbocycles. The molecule has 20 heavy (non-hydrogen) atoms. The van der Waals surface area contributed by atoms with Gasteiger partial charge in [0.05, 0.1) is 7.11 Å². The SMILES string of the molecule is CCc1ccc(Oc2ccc(CN)c(C)c2)c(OC)c1. The number of methoxy groups -OCH3 is 1. The van der Waals surface area contributed by atoms with Gasteiger partial charge in [0.2, 0.25) is 0 Å². The van der Waals surface area contributed by atoms with Crippen molar-refractivity contribution in [1.82, 2.24) is 0 Å². The predicted molar refractivity (Wildman–Crippen MR) is 81.5 cm³/mol. The van der Waals surface area contributed by atoms with E-state index >= 15 is 0 Å². The Balaban J connectivity index is 2.27. The molecule has 0 heterocycles. The Morgan fingerprint density at radius 2 is 1.85 bits per heavy atom. The van der Waals surface area contributed by atoms with Crippen LogP contribution in [0.2, 0.25) is 0 Å². The van der Waals surface area contributed by atoms with Crippen molar-refractivity contribution in [1.29, 1.82) is 0 Å². The summed E-state index contributed by atoms with van der Waals surface area (Å²) >= 11 is 0. The van der Waals surface area contributed by atoms with Gasteiger partial charge < -0.3 is 15.2 Å². The first-order valence-electron chi connectivity index (χ1n) is 6.82. The van der Waals surface area contributed by atoms with Gasteiger partial charge in [-0.2, -0.15) is 0 Å². The van der Waals surface area contributed by atoms with Crippen molar-refractivity contribution in [3.8, 4) is 17.2 Å². The second-order valence-electron chi connectivity index (χ2n) is 4.73. The number of hydrogen-bond donors (Lipinski definition) is 1. The van der Waals surface area contributed by atoms with Gasteiger partial charge in [0.1, 0.15) is 5.75 Å². The minimum atomic E-state index is 0.542. The van der Waals surface area contributed by atoms with Crippen molar-refractivity contribution in [2.24, 2.45) is 5.73 Å². The number of rotatable bonds is 5. The molecule has 0 radical (unpaired) electrons. The molecular weight excluding hydrogens is 250 g/mol. The van der Waals surface area contributed by atoms with Crippen LogP contribution in [0.15, 0.2) is 36.4 Å². The second kappa shape index (κ2) is 6.44. The first-order chi connectivity index (χ1) is 9.67. The fourth-order valence-electron chi connectivity index (χ4n) is 2.10. The normalized spacial score (nSPS) is 10.4. The van der Waals surface area contributed by atoms with Gasteiger partial charge in [0, 0.05) is 6.54 Å². The first kappa shape index (κ1) is 14.4. The van der Waals surface area contributed by atoms with Gasteiger partial charge in [0.25, 0.3) is 0 Å². The highest BCUT2D eigenvalue weighted by molar-refractivity contribution is 5.46. The van der Waals surface area contributed by atoms with Crippen LogP contribution in [0.1, 0.15) is 23.6 Å². The highest BCUT2D eigenvalue weighted by Gasteiger charge is 2.07. The molecule has 3 nitrogen and oxygen atoms in total. The molecule has 0 saturated carbocycles. The summed E-state index contributed by atoms with van der Waals surface area (Å²) in [5.74, 6) is 2.27. The molecular formula is C17H21NO2. The zero-order valence-corrected chi connectivity index (χ0v) is 12.3. The fraction of sp³-hybridized carbons (Fsp3) is 0.294. The Hall–Kier alpha value is -2.00. The van der Waals surface area contributed by atoms with E-state index in [9.17, 15) is 0 Å². The van der Waals surface area contributed by atoms with E-state index in [2.05, 4.69) is 13.0 Å². The van der Waals surface area contributed by atoms with E-state index in [1.54, 1.807) is 7.11 Å². The minimum Gasteiger partial charge on any atom is -0.493 e. The monoisotopic (exact) mass is 271 g/mol. The fourth-order valence-corrected chi connectivity index (χ4v) is 2.10. The molecule has 0 aromatic heterocycles. The predicted octanol–water partition coefficient (Wildman–Crippen LogP) is 3.82. The molecule has 0 unspecified atom stereocenters. The van der Waals surface area contributed by atoms with E-state index in [4.69, 9.17) is 15.2 Å². The Morgan fingerprint density at radius 1 is 1.05 bits per heavy atom. The smallest absolute Gasteiger partial charge is 0.169 e. The summed E-state index contributed by atoms with van der Waals surface area (Å²) < 4.78 is 11.3. The number of nitrogens with two attached hydrogens (primary N) is 1. The summed E-state index contributed by atoms with van der Waals surface area (Å²) in [4.78, 5) is 0. The largest absolute Gasteiger partial charge is 0.493 e. The third kappa shape index (κ3) is 3.11. The summed E-state index contributed by atoms with van der Waals surface area (Å²) in [6.07, 6.45) is 0.973. The van der Waals surface area contributed by atoms with E-state index in [0.717, 1.165) is 34.8 Å². The van der Waals surface area contributed by atoms with Crippen molar-refractivity contribution >= 4 is 0 Å². The van der Waals surface area contributed by atoms with E-state index in [1.807, 2.05) is 37.3 Å². The maximum absolute atomic E-state index is 5.91. The molecule has 0 saturated heterocycles. The van der Waals surface area contributed by atoms with E-state index in [-0.39, 0.29) is 0 Å². The lowest BCUT2D eigenvalue weighted by atomic mass is 10.1. The maximum Gasteiger partial charge on any atom is 0.169 e. The van der Waals surface area contributed by atoms with Gasteiger partial charge in [-0.05, 0) is 54.3 Å². The topological polar surface area (TPSA) is 44.5 Å². The second-order valence-corrected chi connectivity index (χ2v) is 4.73. The first-order valence-corrected chi connectivity index (χ1v) is 6.82. The van der Waals surface area contributed by atoms with Crippen LogP contribution < -0.4 is 15.2 Å². The van der Waals surface area contributed by atoms with Crippen molar-refractivity contribution in [3.63, 3.8) is 0 Å². The van der Waals surface area contributed by atoms with Gasteiger partial charge in [-0.15, -0.1) is 0 Å². The van der Waals surface area contributed by atoms with Crippen LogP contribution in [0.25, 0.3) is 0 Å². The molecule has 0 aliphatic heterocycles. The van der Waals surface area contributed by atoms with E-state index < -0.39 is 0 Å². The van der Waals surface area contributed by atoms with Gasteiger partial charge >= 0.3 is 0 Å². The summed E-state index contributed by atoms with van der Waals surface area (Å²) in [6, 6.07) is 11.9. The summed E-state index contributed by atoms with van der Waals surface area (Å²) in [6.45, 7) is 4.69. The Kier molecular flexibility index (Phi) is 4.64. The average molecular weight is 271 g/mol. The van der Waals surface area contributed by atoms with Crippen LogP contribution in [-0.4, -0.2) is 7.11 Å². The zero-order chi connectivity index (χ0) is 14.5.